The zero-order valence-electron chi connectivity index (χ0n) is 9.02. The molecule has 1 rings (SSSR count). The molecule has 1 atom stereocenters. The molecule has 5 heteroatoms. The third-order valence-electron chi connectivity index (χ3n) is 2.26. The molecule has 0 saturated heterocycles. The van der Waals surface area contributed by atoms with E-state index in [1.54, 1.807) is 17.4 Å². The molecule has 0 aliphatic rings. The minimum Gasteiger partial charge on any atom is -0.480 e. The van der Waals surface area contributed by atoms with Gasteiger partial charge >= 0.3 is 5.97 Å². The summed E-state index contributed by atoms with van der Waals surface area (Å²) in [7, 11) is 0. The minimum atomic E-state index is -0.815. The van der Waals surface area contributed by atoms with Crippen LogP contribution in [0.5, 0.6) is 0 Å². The highest BCUT2D eigenvalue weighted by Crippen LogP contribution is 2.30. The zero-order chi connectivity index (χ0) is 12.1. The van der Waals surface area contributed by atoms with Crippen LogP contribution < -0.4 is 0 Å². The number of nitrogens with zero attached hydrogens (tertiary/aromatic N) is 1. The number of hydrogen-bond donors (Lipinski definition) is 1. The second kappa shape index (κ2) is 6.18. The lowest BCUT2D eigenvalue weighted by atomic mass is 10.2. The number of carbonyl (C=O) groups is 1. The quantitative estimate of drug-likeness (QED) is 0.821. The first-order valence-electron chi connectivity index (χ1n) is 4.86. The lowest BCUT2D eigenvalue weighted by Gasteiger charge is -2.25. The van der Waals surface area contributed by atoms with E-state index in [-0.39, 0.29) is 12.6 Å². The van der Waals surface area contributed by atoms with Gasteiger partial charge in [0.25, 0.3) is 0 Å². The Morgan fingerprint density at radius 2 is 2.44 bits per heavy atom. The van der Waals surface area contributed by atoms with E-state index in [2.05, 4.69) is 22.5 Å². The van der Waals surface area contributed by atoms with Gasteiger partial charge in [0.05, 0.1) is 10.3 Å². The van der Waals surface area contributed by atoms with Gasteiger partial charge in [-0.25, -0.2) is 0 Å². The number of halogens is 1. The first-order chi connectivity index (χ1) is 7.54. The molecule has 1 unspecified atom stereocenters. The highest BCUT2D eigenvalue weighted by atomic mass is 79.9. The summed E-state index contributed by atoms with van der Waals surface area (Å²) in [6.07, 6.45) is 1.72. The monoisotopic (exact) mass is 303 g/mol. The van der Waals surface area contributed by atoms with Crippen molar-refractivity contribution in [2.45, 2.75) is 13.0 Å². The molecule has 0 aromatic carbocycles. The first-order valence-corrected chi connectivity index (χ1v) is 6.47. The average Bonchev–Trinajstić information content (AvgIpc) is 2.62. The second-order valence-electron chi connectivity index (χ2n) is 3.43. The molecule has 0 radical (unpaired) electrons. The maximum absolute atomic E-state index is 10.7. The fourth-order valence-electron chi connectivity index (χ4n) is 1.43. The van der Waals surface area contributed by atoms with Crippen molar-refractivity contribution in [2.75, 3.05) is 13.1 Å². The van der Waals surface area contributed by atoms with Crippen LogP contribution in [0.15, 0.2) is 28.6 Å². The SMILES string of the molecule is C=CCN(CC(=O)O)C(C)c1ccc(Br)s1. The summed E-state index contributed by atoms with van der Waals surface area (Å²) in [6, 6.07) is 4.08. The number of hydrogen-bond acceptors (Lipinski definition) is 3. The smallest absolute Gasteiger partial charge is 0.317 e. The Hall–Kier alpha value is -0.650. The van der Waals surface area contributed by atoms with E-state index in [1.165, 1.54) is 0 Å². The van der Waals surface area contributed by atoms with Crippen LogP contribution in [0.1, 0.15) is 17.8 Å². The van der Waals surface area contributed by atoms with Gasteiger partial charge in [-0.2, -0.15) is 0 Å². The third-order valence-corrected chi connectivity index (χ3v) is 4.05. The van der Waals surface area contributed by atoms with Crippen LogP contribution in [-0.2, 0) is 4.79 Å². The lowest BCUT2D eigenvalue weighted by Crippen LogP contribution is -2.32. The average molecular weight is 304 g/mol. The molecule has 0 aliphatic carbocycles. The molecule has 1 N–H and O–H groups in total. The van der Waals surface area contributed by atoms with Gasteiger partial charge in [0, 0.05) is 17.5 Å². The van der Waals surface area contributed by atoms with Gasteiger partial charge < -0.3 is 5.11 Å². The molecule has 0 aliphatic heterocycles. The Morgan fingerprint density at radius 1 is 1.75 bits per heavy atom. The standard InChI is InChI=1S/C11H14BrNO2S/c1-3-6-13(7-11(14)15)8(2)9-4-5-10(12)16-9/h3-5,8H,1,6-7H2,2H3,(H,14,15). The summed E-state index contributed by atoms with van der Waals surface area (Å²) < 4.78 is 1.06. The van der Waals surface area contributed by atoms with Gasteiger partial charge in [0.2, 0.25) is 0 Å². The van der Waals surface area contributed by atoms with Crippen LogP contribution in [0, 0.1) is 0 Å². The van der Waals surface area contributed by atoms with E-state index < -0.39 is 5.97 Å². The van der Waals surface area contributed by atoms with Crippen molar-refractivity contribution < 1.29 is 9.90 Å². The van der Waals surface area contributed by atoms with Gasteiger partial charge in [0.15, 0.2) is 0 Å². The van der Waals surface area contributed by atoms with E-state index >= 15 is 0 Å². The van der Waals surface area contributed by atoms with Gasteiger partial charge in [-0.05, 0) is 35.0 Å². The van der Waals surface area contributed by atoms with Crippen molar-refractivity contribution >= 4 is 33.2 Å². The van der Waals surface area contributed by atoms with Crippen molar-refractivity contribution in [1.82, 2.24) is 4.90 Å². The van der Waals surface area contributed by atoms with Crippen LogP contribution >= 0.6 is 27.3 Å². The van der Waals surface area contributed by atoms with Crippen LogP contribution in [0.25, 0.3) is 0 Å². The fraction of sp³-hybridized carbons (Fsp3) is 0.364. The largest absolute Gasteiger partial charge is 0.480 e. The Bertz CT molecular complexity index is 378. The van der Waals surface area contributed by atoms with Crippen LogP contribution in [0.4, 0.5) is 0 Å². The summed E-state index contributed by atoms with van der Waals surface area (Å²) >= 11 is 5.03. The molecule has 16 heavy (non-hydrogen) atoms. The molecule has 1 aromatic rings. The van der Waals surface area contributed by atoms with E-state index in [1.807, 2.05) is 24.0 Å². The maximum Gasteiger partial charge on any atom is 0.317 e. The fourth-order valence-corrected chi connectivity index (χ4v) is 2.94. The van der Waals surface area contributed by atoms with Gasteiger partial charge in [0.1, 0.15) is 0 Å². The van der Waals surface area contributed by atoms with Crippen LogP contribution in [0.2, 0.25) is 0 Å². The van der Waals surface area contributed by atoms with Crippen molar-refractivity contribution in [3.8, 4) is 0 Å². The van der Waals surface area contributed by atoms with Gasteiger partial charge in [-0.15, -0.1) is 17.9 Å². The summed E-state index contributed by atoms with van der Waals surface area (Å²) in [5, 5.41) is 8.83. The molecular formula is C11H14BrNO2S. The molecular weight excluding hydrogens is 290 g/mol. The van der Waals surface area contributed by atoms with Crippen molar-refractivity contribution in [2.24, 2.45) is 0 Å². The Kier molecular flexibility index (Phi) is 5.18. The van der Waals surface area contributed by atoms with Gasteiger partial charge in [-0.3, -0.25) is 9.69 Å². The molecule has 0 bridgehead atoms. The summed E-state index contributed by atoms with van der Waals surface area (Å²) in [5.41, 5.74) is 0. The molecule has 0 spiro atoms. The number of rotatable bonds is 6. The molecule has 88 valence electrons. The van der Waals surface area contributed by atoms with Crippen molar-refractivity contribution in [3.05, 3.63) is 33.5 Å². The predicted molar refractivity (Wildman–Crippen MR) is 69.8 cm³/mol. The van der Waals surface area contributed by atoms with E-state index in [4.69, 9.17) is 5.11 Å². The molecule has 0 amide bonds. The predicted octanol–water partition coefficient (Wildman–Crippen LogP) is 3.14. The van der Waals surface area contributed by atoms with Crippen molar-refractivity contribution in [1.29, 1.82) is 0 Å². The van der Waals surface area contributed by atoms with Crippen molar-refractivity contribution in [3.63, 3.8) is 0 Å². The number of carboxylic acids is 1. The van der Waals surface area contributed by atoms with E-state index in [9.17, 15) is 4.79 Å². The molecule has 1 heterocycles. The lowest BCUT2D eigenvalue weighted by molar-refractivity contribution is -0.138. The Morgan fingerprint density at radius 3 is 2.88 bits per heavy atom. The van der Waals surface area contributed by atoms with E-state index in [0.717, 1.165) is 8.66 Å². The zero-order valence-corrected chi connectivity index (χ0v) is 11.4. The van der Waals surface area contributed by atoms with Crippen LogP contribution in [-0.4, -0.2) is 29.1 Å². The summed E-state index contributed by atoms with van der Waals surface area (Å²) in [4.78, 5) is 13.8. The first kappa shape index (κ1) is 13.4. The maximum atomic E-state index is 10.7. The summed E-state index contributed by atoms with van der Waals surface area (Å²) in [6.45, 7) is 6.26. The number of carboxylic acid groups (broad SMARTS) is 1. The van der Waals surface area contributed by atoms with Crippen LogP contribution in [0.3, 0.4) is 0 Å². The Balaban J connectivity index is 2.77. The normalized spacial score (nSPS) is 12.7. The second-order valence-corrected chi connectivity index (χ2v) is 5.92. The Labute approximate surface area is 108 Å². The topological polar surface area (TPSA) is 40.5 Å². The molecule has 0 fully saturated rings. The molecule has 3 nitrogen and oxygen atoms in total. The number of thiophene rings is 1. The minimum absolute atomic E-state index is 0.0305. The molecule has 1 aromatic heterocycles. The third kappa shape index (κ3) is 3.73. The molecule has 0 saturated carbocycles. The van der Waals surface area contributed by atoms with Gasteiger partial charge in [-0.1, -0.05) is 6.08 Å². The highest BCUT2D eigenvalue weighted by Gasteiger charge is 2.18. The van der Waals surface area contributed by atoms with E-state index in [0.29, 0.717) is 6.54 Å². The number of aliphatic carboxylic acids is 1. The highest BCUT2D eigenvalue weighted by molar-refractivity contribution is 9.11. The summed E-state index contributed by atoms with van der Waals surface area (Å²) in [5.74, 6) is -0.815.